The van der Waals surface area contributed by atoms with Gasteiger partial charge in [-0.2, -0.15) is 0 Å². The van der Waals surface area contributed by atoms with E-state index < -0.39 is 0 Å². The second-order valence-corrected chi connectivity index (χ2v) is 4.45. The van der Waals surface area contributed by atoms with Gasteiger partial charge in [0.15, 0.2) is 0 Å². The van der Waals surface area contributed by atoms with E-state index in [2.05, 4.69) is 11.8 Å². The van der Waals surface area contributed by atoms with E-state index >= 15 is 0 Å². The molecule has 0 bridgehead atoms. The zero-order chi connectivity index (χ0) is 13.7. The van der Waals surface area contributed by atoms with Gasteiger partial charge in [0.2, 0.25) is 0 Å². The van der Waals surface area contributed by atoms with Crippen LogP contribution in [-0.2, 0) is 4.74 Å². The van der Waals surface area contributed by atoms with E-state index in [1.54, 1.807) is 11.0 Å². The van der Waals surface area contributed by atoms with Crippen molar-refractivity contribution in [3.8, 4) is 11.8 Å². The number of rotatable bonds is 1. The zero-order valence-electron chi connectivity index (χ0n) is 11.0. The number of ether oxygens (including phenoxy) is 1. The Labute approximate surface area is 113 Å². The van der Waals surface area contributed by atoms with Crippen molar-refractivity contribution < 1.29 is 14.6 Å². The standard InChI is InChI=1S/C15H17NO3/c1-12-9-13(3-2-6-17)11-14(10-12)15(18)16-4-7-19-8-5-16/h9-11,17H,4-8H2,1H3. The fraction of sp³-hybridized carbons (Fsp3) is 0.400. The number of hydrogen-bond donors (Lipinski definition) is 1. The van der Waals surface area contributed by atoms with Gasteiger partial charge >= 0.3 is 0 Å². The Morgan fingerprint density at radius 1 is 1.37 bits per heavy atom. The summed E-state index contributed by atoms with van der Waals surface area (Å²) in [6, 6.07) is 5.54. The lowest BCUT2D eigenvalue weighted by Gasteiger charge is -2.27. The summed E-state index contributed by atoms with van der Waals surface area (Å²) < 4.78 is 5.24. The number of benzene rings is 1. The van der Waals surface area contributed by atoms with Crippen molar-refractivity contribution in [2.24, 2.45) is 0 Å². The summed E-state index contributed by atoms with van der Waals surface area (Å²) >= 11 is 0. The molecule has 1 saturated heterocycles. The maximum absolute atomic E-state index is 12.4. The maximum atomic E-state index is 12.4. The molecule has 1 N–H and O–H groups in total. The minimum atomic E-state index is -0.180. The summed E-state index contributed by atoms with van der Waals surface area (Å²) in [6.07, 6.45) is 0. The highest BCUT2D eigenvalue weighted by Crippen LogP contribution is 2.12. The third-order valence-electron chi connectivity index (χ3n) is 2.93. The summed E-state index contributed by atoms with van der Waals surface area (Å²) in [5.74, 6) is 5.45. The molecule has 0 unspecified atom stereocenters. The largest absolute Gasteiger partial charge is 0.384 e. The van der Waals surface area contributed by atoms with E-state index in [-0.39, 0.29) is 12.5 Å². The first-order valence-electron chi connectivity index (χ1n) is 6.29. The number of amides is 1. The molecule has 0 radical (unpaired) electrons. The predicted molar refractivity (Wildman–Crippen MR) is 71.9 cm³/mol. The summed E-state index contributed by atoms with van der Waals surface area (Å²) in [4.78, 5) is 14.1. The Bertz CT molecular complexity index is 522. The lowest BCUT2D eigenvalue weighted by molar-refractivity contribution is 0.0303. The van der Waals surface area contributed by atoms with Gasteiger partial charge in [0.25, 0.3) is 5.91 Å². The van der Waals surface area contributed by atoms with Gasteiger partial charge in [-0.25, -0.2) is 0 Å². The van der Waals surface area contributed by atoms with Crippen LogP contribution in [0.5, 0.6) is 0 Å². The van der Waals surface area contributed by atoms with Crippen LogP contribution in [0, 0.1) is 18.8 Å². The summed E-state index contributed by atoms with van der Waals surface area (Å²) in [6.45, 7) is 4.19. The molecule has 0 aliphatic carbocycles. The van der Waals surface area contributed by atoms with Crippen LogP contribution in [0.25, 0.3) is 0 Å². The van der Waals surface area contributed by atoms with Crippen LogP contribution in [0.3, 0.4) is 0 Å². The first-order valence-corrected chi connectivity index (χ1v) is 6.29. The zero-order valence-corrected chi connectivity index (χ0v) is 11.0. The van der Waals surface area contributed by atoms with E-state index in [1.807, 2.05) is 19.1 Å². The molecular weight excluding hydrogens is 242 g/mol. The second-order valence-electron chi connectivity index (χ2n) is 4.45. The molecule has 4 nitrogen and oxygen atoms in total. The van der Waals surface area contributed by atoms with Crippen molar-refractivity contribution >= 4 is 5.91 Å². The molecular formula is C15H17NO3. The molecule has 1 heterocycles. The second kappa shape index (κ2) is 6.37. The molecule has 1 amide bonds. The minimum Gasteiger partial charge on any atom is -0.384 e. The van der Waals surface area contributed by atoms with Crippen LogP contribution in [0.2, 0.25) is 0 Å². The first-order chi connectivity index (χ1) is 9.20. The van der Waals surface area contributed by atoms with Gasteiger partial charge in [0, 0.05) is 24.2 Å². The fourth-order valence-corrected chi connectivity index (χ4v) is 2.07. The Kier molecular flexibility index (Phi) is 4.56. The summed E-state index contributed by atoms with van der Waals surface area (Å²) in [5.41, 5.74) is 2.39. The molecule has 100 valence electrons. The van der Waals surface area contributed by atoms with E-state index in [0.717, 1.165) is 11.1 Å². The van der Waals surface area contributed by atoms with Crippen LogP contribution in [0.1, 0.15) is 21.5 Å². The van der Waals surface area contributed by atoms with Crippen molar-refractivity contribution in [3.05, 3.63) is 34.9 Å². The lowest BCUT2D eigenvalue weighted by Crippen LogP contribution is -2.40. The van der Waals surface area contributed by atoms with Crippen molar-refractivity contribution in [1.29, 1.82) is 0 Å². The highest BCUT2D eigenvalue weighted by Gasteiger charge is 2.18. The van der Waals surface area contributed by atoms with Crippen LogP contribution >= 0.6 is 0 Å². The molecule has 0 spiro atoms. The molecule has 19 heavy (non-hydrogen) atoms. The van der Waals surface area contributed by atoms with Gasteiger partial charge in [-0.1, -0.05) is 11.8 Å². The van der Waals surface area contributed by atoms with E-state index in [1.165, 1.54) is 0 Å². The molecule has 0 aromatic heterocycles. The molecule has 1 aromatic rings. The molecule has 0 saturated carbocycles. The molecule has 1 aromatic carbocycles. The van der Waals surface area contributed by atoms with Crippen molar-refractivity contribution in [2.75, 3.05) is 32.9 Å². The Hall–Kier alpha value is -1.83. The average Bonchev–Trinajstić information content (AvgIpc) is 2.44. The van der Waals surface area contributed by atoms with Crippen LogP contribution in [0.4, 0.5) is 0 Å². The number of aliphatic hydroxyl groups is 1. The van der Waals surface area contributed by atoms with Gasteiger partial charge in [-0.05, 0) is 30.7 Å². The van der Waals surface area contributed by atoms with Gasteiger partial charge in [-0.15, -0.1) is 0 Å². The number of nitrogens with zero attached hydrogens (tertiary/aromatic N) is 1. The number of carbonyl (C=O) groups is 1. The monoisotopic (exact) mass is 259 g/mol. The summed E-state index contributed by atoms with van der Waals surface area (Å²) in [5, 5.41) is 8.72. The normalized spacial score (nSPS) is 14.7. The van der Waals surface area contributed by atoms with E-state index in [9.17, 15) is 4.79 Å². The molecule has 0 atom stereocenters. The quantitative estimate of drug-likeness (QED) is 0.759. The van der Waals surface area contributed by atoms with Crippen molar-refractivity contribution in [1.82, 2.24) is 4.90 Å². The van der Waals surface area contributed by atoms with Crippen LogP contribution in [0.15, 0.2) is 18.2 Å². The van der Waals surface area contributed by atoms with Crippen LogP contribution in [-0.4, -0.2) is 48.8 Å². The third-order valence-corrected chi connectivity index (χ3v) is 2.93. The number of carbonyl (C=O) groups excluding carboxylic acids is 1. The Balaban J connectivity index is 2.23. The smallest absolute Gasteiger partial charge is 0.254 e. The number of morpholine rings is 1. The number of hydrogen-bond acceptors (Lipinski definition) is 3. The molecule has 1 aliphatic heterocycles. The first kappa shape index (κ1) is 13.6. The molecule has 1 fully saturated rings. The fourth-order valence-electron chi connectivity index (χ4n) is 2.07. The highest BCUT2D eigenvalue weighted by molar-refractivity contribution is 5.94. The number of aryl methyl sites for hydroxylation is 1. The van der Waals surface area contributed by atoms with E-state index in [0.29, 0.717) is 31.9 Å². The molecule has 2 rings (SSSR count). The number of aliphatic hydroxyl groups excluding tert-OH is 1. The van der Waals surface area contributed by atoms with Gasteiger partial charge in [-0.3, -0.25) is 4.79 Å². The van der Waals surface area contributed by atoms with E-state index in [4.69, 9.17) is 9.84 Å². The Morgan fingerprint density at radius 3 is 2.79 bits per heavy atom. The van der Waals surface area contributed by atoms with Crippen molar-refractivity contribution in [2.45, 2.75) is 6.92 Å². The molecule has 1 aliphatic rings. The third kappa shape index (κ3) is 3.57. The van der Waals surface area contributed by atoms with Gasteiger partial charge in [0.05, 0.1) is 13.2 Å². The highest BCUT2D eigenvalue weighted by atomic mass is 16.5. The lowest BCUT2D eigenvalue weighted by atomic mass is 10.1. The predicted octanol–water partition coefficient (Wildman–Crippen LogP) is 0.811. The average molecular weight is 259 g/mol. The molecule has 4 heteroatoms. The summed E-state index contributed by atoms with van der Waals surface area (Å²) in [7, 11) is 0. The Morgan fingerprint density at radius 2 is 2.11 bits per heavy atom. The van der Waals surface area contributed by atoms with Gasteiger partial charge < -0.3 is 14.7 Å². The van der Waals surface area contributed by atoms with Crippen molar-refractivity contribution in [3.63, 3.8) is 0 Å². The van der Waals surface area contributed by atoms with Crippen LogP contribution < -0.4 is 0 Å². The maximum Gasteiger partial charge on any atom is 0.254 e. The SMILES string of the molecule is Cc1cc(C#CCO)cc(C(=O)N2CCOCC2)c1. The minimum absolute atomic E-state index is 0.0130. The topological polar surface area (TPSA) is 49.8 Å². The van der Waals surface area contributed by atoms with Gasteiger partial charge in [0.1, 0.15) is 6.61 Å².